The van der Waals surface area contributed by atoms with E-state index in [9.17, 15) is 9.18 Å². The first-order valence-electron chi connectivity index (χ1n) is 2.33. The maximum Gasteiger partial charge on any atom is 0.149 e. The van der Waals surface area contributed by atoms with Crippen LogP contribution in [0.5, 0.6) is 0 Å². The SMILES string of the molecule is C=C(F)/C=C\C(=C)C=O. The first kappa shape index (κ1) is 7.82. The Labute approximate surface area is 53.2 Å². The van der Waals surface area contributed by atoms with Crippen LogP contribution in [0.2, 0.25) is 0 Å². The Morgan fingerprint density at radius 2 is 1.89 bits per heavy atom. The maximum absolute atomic E-state index is 11.8. The van der Waals surface area contributed by atoms with Crippen molar-refractivity contribution in [3.05, 3.63) is 36.7 Å². The van der Waals surface area contributed by atoms with Crippen molar-refractivity contribution >= 4 is 6.29 Å². The summed E-state index contributed by atoms with van der Waals surface area (Å²) in [5.41, 5.74) is 0.230. The molecule has 0 amide bonds. The monoisotopic (exact) mass is 126 g/mol. The van der Waals surface area contributed by atoms with Crippen LogP contribution in [0.4, 0.5) is 4.39 Å². The highest BCUT2D eigenvalue weighted by Crippen LogP contribution is 1.95. The van der Waals surface area contributed by atoms with E-state index < -0.39 is 5.83 Å². The fourth-order valence-electron chi connectivity index (χ4n) is 0.237. The van der Waals surface area contributed by atoms with Gasteiger partial charge in [-0.2, -0.15) is 0 Å². The molecule has 0 heterocycles. The molecule has 0 N–H and O–H groups in total. The van der Waals surface area contributed by atoms with Gasteiger partial charge in [0, 0.05) is 5.57 Å². The highest BCUT2D eigenvalue weighted by Gasteiger charge is 1.81. The van der Waals surface area contributed by atoms with Gasteiger partial charge in [0.15, 0.2) is 0 Å². The molecule has 0 aliphatic heterocycles. The van der Waals surface area contributed by atoms with Crippen LogP contribution in [0.3, 0.4) is 0 Å². The quantitative estimate of drug-likeness (QED) is 0.320. The van der Waals surface area contributed by atoms with E-state index in [1.807, 2.05) is 0 Å². The van der Waals surface area contributed by atoms with Crippen molar-refractivity contribution < 1.29 is 9.18 Å². The number of halogens is 1. The second-order valence-electron chi connectivity index (χ2n) is 1.47. The molecule has 0 fully saturated rings. The largest absolute Gasteiger partial charge is 0.298 e. The Bertz CT molecular complexity index is 168. The number of hydrogen-bond donors (Lipinski definition) is 0. The molecule has 0 aliphatic carbocycles. The van der Waals surface area contributed by atoms with Gasteiger partial charge in [-0.05, 0) is 12.2 Å². The predicted octanol–water partition coefficient (Wildman–Crippen LogP) is 1.78. The second-order valence-corrected chi connectivity index (χ2v) is 1.47. The zero-order valence-electron chi connectivity index (χ0n) is 4.93. The normalized spacial score (nSPS) is 9.44. The van der Waals surface area contributed by atoms with Crippen LogP contribution in [-0.4, -0.2) is 6.29 Å². The van der Waals surface area contributed by atoms with Gasteiger partial charge in [-0.15, -0.1) is 0 Å². The van der Waals surface area contributed by atoms with Crippen molar-refractivity contribution in [2.75, 3.05) is 0 Å². The first-order chi connectivity index (χ1) is 4.16. The van der Waals surface area contributed by atoms with Crippen LogP contribution < -0.4 is 0 Å². The van der Waals surface area contributed by atoms with E-state index in [0.717, 1.165) is 6.08 Å². The fraction of sp³-hybridized carbons (Fsp3) is 0. The van der Waals surface area contributed by atoms with Gasteiger partial charge in [-0.3, -0.25) is 4.79 Å². The topological polar surface area (TPSA) is 17.1 Å². The molecule has 0 rings (SSSR count). The third kappa shape index (κ3) is 4.68. The lowest BCUT2D eigenvalue weighted by atomic mass is 10.3. The number of carbonyl (C=O) groups is 1. The van der Waals surface area contributed by atoms with E-state index >= 15 is 0 Å². The van der Waals surface area contributed by atoms with Crippen molar-refractivity contribution in [2.24, 2.45) is 0 Å². The van der Waals surface area contributed by atoms with Crippen LogP contribution in [-0.2, 0) is 4.79 Å². The maximum atomic E-state index is 11.8. The van der Waals surface area contributed by atoms with Crippen LogP contribution in [0.25, 0.3) is 0 Å². The van der Waals surface area contributed by atoms with E-state index in [1.165, 1.54) is 6.08 Å². The number of rotatable bonds is 3. The summed E-state index contributed by atoms with van der Waals surface area (Å²) in [6.45, 7) is 6.23. The van der Waals surface area contributed by atoms with Crippen LogP contribution in [0.15, 0.2) is 36.7 Å². The van der Waals surface area contributed by atoms with Crippen LogP contribution in [0.1, 0.15) is 0 Å². The number of carbonyl (C=O) groups excluding carboxylic acids is 1. The molecule has 0 aromatic carbocycles. The molecule has 0 saturated carbocycles. The van der Waals surface area contributed by atoms with E-state index in [0.29, 0.717) is 6.29 Å². The molecule has 0 aromatic heterocycles. The van der Waals surface area contributed by atoms with E-state index in [2.05, 4.69) is 13.2 Å². The van der Waals surface area contributed by atoms with Gasteiger partial charge in [0.05, 0.1) is 0 Å². The summed E-state index contributed by atoms with van der Waals surface area (Å²) < 4.78 is 11.8. The summed E-state index contributed by atoms with van der Waals surface area (Å²) in [5, 5.41) is 0. The molecule has 0 spiro atoms. The summed E-state index contributed by atoms with van der Waals surface area (Å²) in [5.74, 6) is -0.585. The Balaban J connectivity index is 3.85. The minimum Gasteiger partial charge on any atom is -0.298 e. The smallest absolute Gasteiger partial charge is 0.149 e. The Morgan fingerprint density at radius 1 is 1.33 bits per heavy atom. The second kappa shape index (κ2) is 3.78. The molecular formula is C7H7FO. The Morgan fingerprint density at radius 3 is 2.22 bits per heavy atom. The zero-order chi connectivity index (χ0) is 7.28. The predicted molar refractivity (Wildman–Crippen MR) is 34.6 cm³/mol. The van der Waals surface area contributed by atoms with Gasteiger partial charge in [0.2, 0.25) is 0 Å². The van der Waals surface area contributed by atoms with Crippen LogP contribution >= 0.6 is 0 Å². The summed E-state index contributed by atoms with van der Waals surface area (Å²) in [7, 11) is 0. The molecule has 0 unspecified atom stereocenters. The average molecular weight is 126 g/mol. The molecule has 0 aliphatic rings. The van der Waals surface area contributed by atoms with Gasteiger partial charge in [-0.25, -0.2) is 4.39 Å². The highest BCUT2D eigenvalue weighted by atomic mass is 19.1. The average Bonchev–Trinajstić information content (AvgIpc) is 1.83. The molecule has 0 radical (unpaired) electrons. The lowest BCUT2D eigenvalue weighted by Gasteiger charge is -1.80. The number of aldehydes is 1. The number of hydrogen-bond acceptors (Lipinski definition) is 1. The van der Waals surface area contributed by atoms with Crippen molar-refractivity contribution in [3.63, 3.8) is 0 Å². The number of allylic oxidation sites excluding steroid dienone is 4. The molecule has 9 heavy (non-hydrogen) atoms. The van der Waals surface area contributed by atoms with E-state index in [4.69, 9.17) is 0 Å². The molecule has 1 nitrogen and oxygen atoms in total. The minimum atomic E-state index is -0.585. The molecule has 2 heteroatoms. The van der Waals surface area contributed by atoms with Gasteiger partial charge in [0.1, 0.15) is 12.1 Å². The molecule has 0 aromatic rings. The molecular weight excluding hydrogens is 119 g/mol. The fourth-order valence-corrected chi connectivity index (χ4v) is 0.237. The summed E-state index contributed by atoms with van der Waals surface area (Å²) >= 11 is 0. The first-order valence-corrected chi connectivity index (χ1v) is 2.33. The van der Waals surface area contributed by atoms with Gasteiger partial charge in [-0.1, -0.05) is 13.2 Å². The lowest BCUT2D eigenvalue weighted by Crippen LogP contribution is -1.72. The van der Waals surface area contributed by atoms with Gasteiger partial charge >= 0.3 is 0 Å². The Kier molecular flexibility index (Phi) is 3.28. The van der Waals surface area contributed by atoms with E-state index in [1.54, 1.807) is 0 Å². The Hall–Kier alpha value is -1.18. The molecule has 0 atom stereocenters. The van der Waals surface area contributed by atoms with Gasteiger partial charge < -0.3 is 0 Å². The molecule has 0 saturated heterocycles. The standard InChI is InChI=1S/C7H7FO/c1-6(5-9)3-4-7(2)8/h3-5H,1-2H2/b4-3-. The van der Waals surface area contributed by atoms with E-state index in [-0.39, 0.29) is 5.57 Å². The molecule has 0 bridgehead atoms. The summed E-state index contributed by atoms with van der Waals surface area (Å²) in [6.07, 6.45) is 2.88. The lowest BCUT2D eigenvalue weighted by molar-refractivity contribution is -0.104. The third-order valence-corrected chi connectivity index (χ3v) is 0.630. The van der Waals surface area contributed by atoms with Crippen molar-refractivity contribution in [1.29, 1.82) is 0 Å². The van der Waals surface area contributed by atoms with Gasteiger partial charge in [0.25, 0.3) is 0 Å². The summed E-state index contributed by atoms with van der Waals surface area (Å²) in [4.78, 5) is 9.81. The third-order valence-electron chi connectivity index (χ3n) is 0.630. The van der Waals surface area contributed by atoms with Crippen molar-refractivity contribution in [2.45, 2.75) is 0 Å². The highest BCUT2D eigenvalue weighted by molar-refractivity contribution is 5.76. The summed E-state index contributed by atoms with van der Waals surface area (Å²) in [6, 6.07) is 0. The molecule has 48 valence electrons. The van der Waals surface area contributed by atoms with Crippen molar-refractivity contribution in [1.82, 2.24) is 0 Å². The van der Waals surface area contributed by atoms with Crippen LogP contribution in [0, 0.1) is 0 Å². The van der Waals surface area contributed by atoms with Crippen molar-refractivity contribution in [3.8, 4) is 0 Å². The minimum absolute atomic E-state index is 0.230. The zero-order valence-corrected chi connectivity index (χ0v) is 4.93.